The van der Waals surface area contributed by atoms with Gasteiger partial charge in [0.1, 0.15) is 17.3 Å². The molecule has 0 aromatic carbocycles. The van der Waals surface area contributed by atoms with Crippen molar-refractivity contribution >= 4 is 5.82 Å². The van der Waals surface area contributed by atoms with E-state index in [1.165, 1.54) is 0 Å². The van der Waals surface area contributed by atoms with Crippen molar-refractivity contribution in [1.82, 2.24) is 4.98 Å². The van der Waals surface area contributed by atoms with Crippen LogP contribution in [0.4, 0.5) is 5.82 Å². The van der Waals surface area contributed by atoms with Gasteiger partial charge in [-0.3, -0.25) is 0 Å². The molecular formula is C14H18N2O2. The van der Waals surface area contributed by atoms with Crippen molar-refractivity contribution in [2.45, 2.75) is 26.5 Å². The summed E-state index contributed by atoms with van der Waals surface area (Å²) >= 11 is 0. The Bertz CT molecular complexity index is 503. The Labute approximate surface area is 107 Å². The predicted octanol–water partition coefficient (Wildman–Crippen LogP) is 2.67. The van der Waals surface area contributed by atoms with Crippen LogP contribution in [-0.4, -0.2) is 17.1 Å². The minimum absolute atomic E-state index is 0.482. The summed E-state index contributed by atoms with van der Waals surface area (Å²) in [6.45, 7) is 4.33. The third-order valence-corrected chi connectivity index (χ3v) is 2.83. The highest BCUT2D eigenvalue weighted by Gasteiger charge is 2.07. The number of nitrogens with zero attached hydrogens (tertiary/aromatic N) is 2. The molecule has 0 aliphatic heterocycles. The van der Waals surface area contributed by atoms with E-state index < -0.39 is 6.10 Å². The van der Waals surface area contributed by atoms with Crippen LogP contribution in [-0.2, 0) is 6.54 Å². The third-order valence-electron chi connectivity index (χ3n) is 2.83. The van der Waals surface area contributed by atoms with Crippen LogP contribution in [0.15, 0.2) is 34.9 Å². The van der Waals surface area contributed by atoms with E-state index in [4.69, 9.17) is 4.42 Å². The number of aromatic nitrogens is 1. The summed E-state index contributed by atoms with van der Waals surface area (Å²) < 4.78 is 5.53. The molecule has 4 heteroatoms. The Morgan fingerprint density at radius 2 is 2.11 bits per heavy atom. The van der Waals surface area contributed by atoms with Gasteiger partial charge in [0.15, 0.2) is 0 Å². The maximum Gasteiger partial charge on any atom is 0.128 e. The van der Waals surface area contributed by atoms with Crippen molar-refractivity contribution in [2.75, 3.05) is 11.9 Å². The average Bonchev–Trinajstić information content (AvgIpc) is 2.75. The minimum Gasteiger partial charge on any atom is -0.464 e. The van der Waals surface area contributed by atoms with Crippen molar-refractivity contribution in [2.24, 2.45) is 0 Å². The minimum atomic E-state index is -0.482. The SMILES string of the molecule is Cc1ccc(CN(C)c2ccc([C@H](C)O)cn2)o1. The van der Waals surface area contributed by atoms with Gasteiger partial charge >= 0.3 is 0 Å². The number of anilines is 1. The number of furan rings is 1. The van der Waals surface area contributed by atoms with Crippen molar-refractivity contribution in [1.29, 1.82) is 0 Å². The van der Waals surface area contributed by atoms with Crippen LogP contribution in [0.2, 0.25) is 0 Å². The number of hydrogen-bond acceptors (Lipinski definition) is 4. The van der Waals surface area contributed by atoms with Gasteiger partial charge in [0.25, 0.3) is 0 Å². The molecule has 96 valence electrons. The second-order valence-corrected chi connectivity index (χ2v) is 4.49. The van der Waals surface area contributed by atoms with Crippen LogP contribution in [0.1, 0.15) is 30.1 Å². The molecule has 0 radical (unpaired) electrons. The quantitative estimate of drug-likeness (QED) is 0.901. The van der Waals surface area contributed by atoms with Crippen molar-refractivity contribution in [3.05, 3.63) is 47.5 Å². The Balaban J connectivity index is 2.06. The van der Waals surface area contributed by atoms with E-state index in [1.54, 1.807) is 13.1 Å². The zero-order chi connectivity index (χ0) is 13.1. The van der Waals surface area contributed by atoms with Gasteiger partial charge < -0.3 is 14.4 Å². The molecule has 2 aromatic rings. The summed E-state index contributed by atoms with van der Waals surface area (Å²) in [5.41, 5.74) is 0.820. The molecule has 4 nitrogen and oxygen atoms in total. The Hall–Kier alpha value is -1.81. The fraction of sp³-hybridized carbons (Fsp3) is 0.357. The number of aliphatic hydroxyl groups excluding tert-OH is 1. The van der Waals surface area contributed by atoms with Gasteiger partial charge in [-0.25, -0.2) is 4.98 Å². The highest BCUT2D eigenvalue weighted by molar-refractivity contribution is 5.39. The van der Waals surface area contributed by atoms with Crippen molar-refractivity contribution in [3.63, 3.8) is 0 Å². The second-order valence-electron chi connectivity index (χ2n) is 4.49. The van der Waals surface area contributed by atoms with E-state index in [9.17, 15) is 5.11 Å². The van der Waals surface area contributed by atoms with Gasteiger partial charge in [-0.05, 0) is 37.6 Å². The standard InChI is InChI=1S/C14H18N2O2/c1-10-4-6-13(18-10)9-16(3)14-7-5-12(8-15-14)11(2)17/h4-8,11,17H,9H2,1-3H3/t11-/m0/s1. The van der Waals surface area contributed by atoms with E-state index in [0.29, 0.717) is 6.54 Å². The molecule has 2 heterocycles. The van der Waals surface area contributed by atoms with Crippen molar-refractivity contribution < 1.29 is 9.52 Å². The largest absolute Gasteiger partial charge is 0.464 e. The first-order valence-corrected chi connectivity index (χ1v) is 5.96. The summed E-state index contributed by atoms with van der Waals surface area (Å²) in [5, 5.41) is 9.42. The predicted molar refractivity (Wildman–Crippen MR) is 70.4 cm³/mol. The molecule has 0 spiro atoms. The molecule has 0 saturated carbocycles. The van der Waals surface area contributed by atoms with E-state index in [2.05, 4.69) is 4.98 Å². The first kappa shape index (κ1) is 12.6. The Morgan fingerprint density at radius 3 is 2.61 bits per heavy atom. The second kappa shape index (κ2) is 5.23. The average molecular weight is 246 g/mol. The number of rotatable bonds is 4. The lowest BCUT2D eigenvalue weighted by Crippen LogP contribution is -2.17. The first-order valence-electron chi connectivity index (χ1n) is 5.96. The van der Waals surface area contributed by atoms with Gasteiger partial charge in [0.05, 0.1) is 12.6 Å². The Morgan fingerprint density at radius 1 is 1.33 bits per heavy atom. The van der Waals surface area contributed by atoms with E-state index in [1.807, 2.05) is 43.1 Å². The monoisotopic (exact) mass is 246 g/mol. The summed E-state index contributed by atoms with van der Waals surface area (Å²) in [4.78, 5) is 6.33. The number of aryl methyl sites for hydroxylation is 1. The van der Waals surface area contributed by atoms with E-state index in [-0.39, 0.29) is 0 Å². The number of pyridine rings is 1. The normalized spacial score (nSPS) is 12.4. The molecule has 0 fully saturated rings. The maximum atomic E-state index is 9.42. The zero-order valence-electron chi connectivity index (χ0n) is 10.9. The van der Waals surface area contributed by atoms with Crippen LogP contribution < -0.4 is 4.90 Å². The first-order chi connectivity index (χ1) is 8.56. The number of aliphatic hydroxyl groups is 1. The lowest BCUT2D eigenvalue weighted by atomic mass is 10.2. The Kier molecular flexibility index (Phi) is 3.67. The maximum absolute atomic E-state index is 9.42. The fourth-order valence-electron chi connectivity index (χ4n) is 1.76. The molecule has 2 rings (SSSR count). The highest BCUT2D eigenvalue weighted by atomic mass is 16.3. The molecular weight excluding hydrogens is 228 g/mol. The fourth-order valence-corrected chi connectivity index (χ4v) is 1.76. The lowest BCUT2D eigenvalue weighted by Gasteiger charge is -2.17. The molecule has 0 bridgehead atoms. The molecule has 0 saturated heterocycles. The van der Waals surface area contributed by atoms with Gasteiger partial charge in [0, 0.05) is 13.2 Å². The molecule has 0 unspecified atom stereocenters. The number of hydrogen-bond donors (Lipinski definition) is 1. The summed E-state index contributed by atoms with van der Waals surface area (Å²) in [5.74, 6) is 2.68. The van der Waals surface area contributed by atoms with E-state index >= 15 is 0 Å². The molecule has 2 aromatic heterocycles. The van der Waals surface area contributed by atoms with Gasteiger partial charge in [-0.15, -0.1) is 0 Å². The third kappa shape index (κ3) is 2.90. The van der Waals surface area contributed by atoms with Crippen molar-refractivity contribution in [3.8, 4) is 0 Å². The van der Waals surface area contributed by atoms with Crippen LogP contribution in [0, 0.1) is 6.92 Å². The molecule has 0 amide bonds. The van der Waals surface area contributed by atoms with Gasteiger partial charge in [-0.2, -0.15) is 0 Å². The van der Waals surface area contributed by atoms with E-state index in [0.717, 1.165) is 22.9 Å². The van der Waals surface area contributed by atoms with Crippen LogP contribution in [0.3, 0.4) is 0 Å². The van der Waals surface area contributed by atoms with Gasteiger partial charge in [-0.1, -0.05) is 6.07 Å². The molecule has 1 N–H and O–H groups in total. The van der Waals surface area contributed by atoms with Gasteiger partial charge in [0.2, 0.25) is 0 Å². The van der Waals surface area contributed by atoms with Crippen LogP contribution in [0.25, 0.3) is 0 Å². The van der Waals surface area contributed by atoms with Crippen LogP contribution in [0.5, 0.6) is 0 Å². The molecule has 18 heavy (non-hydrogen) atoms. The molecule has 1 atom stereocenters. The smallest absolute Gasteiger partial charge is 0.128 e. The topological polar surface area (TPSA) is 49.5 Å². The lowest BCUT2D eigenvalue weighted by molar-refractivity contribution is 0.199. The summed E-state index contributed by atoms with van der Waals surface area (Å²) in [6, 6.07) is 7.71. The van der Waals surface area contributed by atoms with Crippen LogP contribution >= 0.6 is 0 Å². The zero-order valence-corrected chi connectivity index (χ0v) is 10.9. The molecule has 0 aliphatic carbocycles. The summed E-state index contributed by atoms with van der Waals surface area (Å²) in [7, 11) is 1.96. The molecule has 0 aliphatic rings. The summed E-state index contributed by atoms with van der Waals surface area (Å²) in [6.07, 6.45) is 1.22. The highest BCUT2D eigenvalue weighted by Crippen LogP contribution is 2.17.